The first-order chi connectivity index (χ1) is 10.2. The number of nitrogens with one attached hydrogen (secondary N) is 1. The van der Waals surface area contributed by atoms with Crippen molar-refractivity contribution in [2.75, 3.05) is 24.6 Å². The highest BCUT2D eigenvalue weighted by Crippen LogP contribution is 2.22. The van der Waals surface area contributed by atoms with Crippen LogP contribution in [0.5, 0.6) is 0 Å². The molecular weight excluding hydrogens is 280 g/mol. The van der Waals surface area contributed by atoms with Gasteiger partial charge in [-0.05, 0) is 54.9 Å². The Bertz CT molecular complexity index is 554. The van der Waals surface area contributed by atoms with E-state index in [1.54, 1.807) is 0 Å². The Morgan fingerprint density at radius 1 is 1.43 bits per heavy atom. The maximum atomic E-state index is 12.4. The van der Waals surface area contributed by atoms with Crippen LogP contribution in [0, 0.1) is 24.7 Å². The van der Waals surface area contributed by atoms with Gasteiger partial charge in [0.2, 0.25) is 0 Å². The molecule has 3 nitrogen and oxygen atoms in total. The van der Waals surface area contributed by atoms with E-state index in [-0.39, 0.29) is 5.91 Å². The molecule has 1 heterocycles. The fourth-order valence-electron chi connectivity index (χ4n) is 2.39. The van der Waals surface area contributed by atoms with Gasteiger partial charge >= 0.3 is 0 Å². The van der Waals surface area contributed by atoms with Crippen molar-refractivity contribution >= 4 is 17.7 Å². The summed E-state index contributed by atoms with van der Waals surface area (Å²) >= 11 is 2.00. The first kappa shape index (κ1) is 15.9. The van der Waals surface area contributed by atoms with E-state index in [4.69, 9.17) is 5.73 Å². The first-order valence-corrected chi connectivity index (χ1v) is 8.51. The van der Waals surface area contributed by atoms with Crippen LogP contribution in [-0.2, 0) is 0 Å². The number of carbonyl (C=O) groups is 1. The first-order valence-electron chi connectivity index (χ1n) is 7.36. The van der Waals surface area contributed by atoms with Crippen molar-refractivity contribution in [2.24, 2.45) is 11.7 Å². The number of thioether (sulfide) groups is 1. The van der Waals surface area contributed by atoms with Crippen molar-refractivity contribution in [2.45, 2.75) is 19.8 Å². The van der Waals surface area contributed by atoms with Crippen molar-refractivity contribution in [3.63, 3.8) is 0 Å². The highest BCUT2D eigenvalue weighted by atomic mass is 32.2. The zero-order valence-electron chi connectivity index (χ0n) is 12.4. The Balaban J connectivity index is 2.03. The van der Waals surface area contributed by atoms with Crippen molar-refractivity contribution in [3.05, 3.63) is 34.9 Å². The molecule has 0 bridgehead atoms. The lowest BCUT2D eigenvalue weighted by Crippen LogP contribution is -2.31. The van der Waals surface area contributed by atoms with E-state index in [2.05, 4.69) is 17.2 Å². The molecule has 3 N–H and O–H groups in total. The summed E-state index contributed by atoms with van der Waals surface area (Å²) in [6.07, 6.45) is 2.39. The SMILES string of the molecule is Cc1ccc(C(=O)NCC2CCSCC2)c(C#CCN)c1. The van der Waals surface area contributed by atoms with E-state index in [1.807, 2.05) is 36.9 Å². The molecule has 0 radical (unpaired) electrons. The van der Waals surface area contributed by atoms with E-state index in [1.165, 1.54) is 24.3 Å². The molecule has 1 fully saturated rings. The van der Waals surface area contributed by atoms with Gasteiger partial charge < -0.3 is 11.1 Å². The van der Waals surface area contributed by atoms with Gasteiger partial charge in [-0.15, -0.1) is 0 Å². The summed E-state index contributed by atoms with van der Waals surface area (Å²) in [5.74, 6) is 8.81. The predicted octanol–water partition coefficient (Wildman–Crippen LogP) is 2.18. The molecule has 1 aromatic rings. The quantitative estimate of drug-likeness (QED) is 0.842. The number of hydrogen-bond donors (Lipinski definition) is 2. The third kappa shape index (κ3) is 4.80. The standard InChI is InChI=1S/C17H22N2OS/c1-13-4-5-16(15(11-13)3-2-8-18)17(20)19-12-14-6-9-21-10-7-14/h4-5,11,14H,6-10,12,18H2,1H3,(H,19,20). The van der Waals surface area contributed by atoms with Gasteiger partial charge in [-0.25, -0.2) is 0 Å². The smallest absolute Gasteiger partial charge is 0.252 e. The highest BCUT2D eigenvalue weighted by Gasteiger charge is 2.16. The zero-order chi connectivity index (χ0) is 15.1. The van der Waals surface area contributed by atoms with Crippen molar-refractivity contribution in [1.29, 1.82) is 0 Å². The highest BCUT2D eigenvalue weighted by molar-refractivity contribution is 7.99. The molecule has 1 aromatic carbocycles. The van der Waals surface area contributed by atoms with Crippen LogP contribution in [0.25, 0.3) is 0 Å². The molecule has 0 unspecified atom stereocenters. The Labute approximate surface area is 131 Å². The fraction of sp³-hybridized carbons (Fsp3) is 0.471. The fourth-order valence-corrected chi connectivity index (χ4v) is 3.59. The third-order valence-electron chi connectivity index (χ3n) is 3.64. The molecule has 1 aliphatic rings. The number of carbonyl (C=O) groups excluding carboxylic acids is 1. The summed E-state index contributed by atoms with van der Waals surface area (Å²) in [5, 5.41) is 3.06. The number of nitrogens with two attached hydrogens (primary N) is 1. The predicted molar refractivity (Wildman–Crippen MR) is 89.5 cm³/mol. The van der Waals surface area contributed by atoms with Gasteiger partial charge in [0, 0.05) is 12.1 Å². The van der Waals surface area contributed by atoms with E-state index >= 15 is 0 Å². The van der Waals surface area contributed by atoms with E-state index in [0.29, 0.717) is 18.0 Å². The van der Waals surface area contributed by atoms with Crippen molar-refractivity contribution < 1.29 is 4.79 Å². The number of amides is 1. The van der Waals surface area contributed by atoms with Crippen LogP contribution in [0.2, 0.25) is 0 Å². The van der Waals surface area contributed by atoms with Gasteiger partial charge in [0.25, 0.3) is 5.91 Å². The van der Waals surface area contributed by atoms with Gasteiger partial charge in [-0.3, -0.25) is 4.79 Å². The second kappa shape index (κ2) is 8.11. The summed E-state index contributed by atoms with van der Waals surface area (Å²) < 4.78 is 0. The van der Waals surface area contributed by atoms with Gasteiger partial charge in [0.05, 0.1) is 12.1 Å². The summed E-state index contributed by atoms with van der Waals surface area (Å²) in [6, 6.07) is 5.73. The molecule has 2 rings (SSSR count). The number of benzene rings is 1. The number of hydrogen-bond acceptors (Lipinski definition) is 3. The van der Waals surface area contributed by atoms with Gasteiger partial charge in [0.15, 0.2) is 0 Å². The van der Waals surface area contributed by atoms with Crippen LogP contribution in [0.3, 0.4) is 0 Å². The third-order valence-corrected chi connectivity index (χ3v) is 4.69. The van der Waals surface area contributed by atoms with Crippen LogP contribution >= 0.6 is 11.8 Å². The molecule has 4 heteroatoms. The molecule has 0 aromatic heterocycles. The van der Waals surface area contributed by atoms with E-state index < -0.39 is 0 Å². The molecule has 1 saturated heterocycles. The summed E-state index contributed by atoms with van der Waals surface area (Å²) in [7, 11) is 0. The normalized spacial score (nSPS) is 15.1. The van der Waals surface area contributed by atoms with E-state index in [9.17, 15) is 4.79 Å². The van der Waals surface area contributed by atoms with E-state index in [0.717, 1.165) is 17.7 Å². The average molecular weight is 302 g/mol. The average Bonchev–Trinajstić information content (AvgIpc) is 2.51. The Kier molecular flexibility index (Phi) is 6.16. The molecule has 1 aliphatic heterocycles. The number of aryl methyl sites for hydroxylation is 1. The monoisotopic (exact) mass is 302 g/mol. The Morgan fingerprint density at radius 3 is 2.90 bits per heavy atom. The Morgan fingerprint density at radius 2 is 2.19 bits per heavy atom. The zero-order valence-corrected chi connectivity index (χ0v) is 13.3. The largest absolute Gasteiger partial charge is 0.352 e. The minimum atomic E-state index is -0.0328. The van der Waals surface area contributed by atoms with Gasteiger partial charge in [0.1, 0.15) is 0 Å². The maximum absolute atomic E-state index is 12.4. The van der Waals surface area contributed by atoms with Gasteiger partial charge in [-0.1, -0.05) is 17.9 Å². The lowest BCUT2D eigenvalue weighted by molar-refractivity contribution is 0.0946. The molecule has 0 aliphatic carbocycles. The Hall–Kier alpha value is -1.44. The molecule has 21 heavy (non-hydrogen) atoms. The summed E-state index contributed by atoms with van der Waals surface area (Å²) in [4.78, 5) is 12.4. The molecule has 0 saturated carbocycles. The van der Waals surface area contributed by atoms with Crippen LogP contribution in [-0.4, -0.2) is 30.5 Å². The lowest BCUT2D eigenvalue weighted by atomic mass is 10.0. The molecule has 0 atom stereocenters. The summed E-state index contributed by atoms with van der Waals surface area (Å²) in [5.41, 5.74) is 7.92. The van der Waals surface area contributed by atoms with Crippen molar-refractivity contribution in [1.82, 2.24) is 5.32 Å². The minimum absolute atomic E-state index is 0.0328. The number of rotatable bonds is 3. The second-order valence-electron chi connectivity index (χ2n) is 5.32. The summed E-state index contributed by atoms with van der Waals surface area (Å²) in [6.45, 7) is 3.06. The van der Waals surface area contributed by atoms with Crippen LogP contribution in [0.15, 0.2) is 18.2 Å². The molecular formula is C17H22N2OS. The van der Waals surface area contributed by atoms with Crippen LogP contribution in [0.4, 0.5) is 0 Å². The van der Waals surface area contributed by atoms with Crippen LogP contribution in [0.1, 0.15) is 34.3 Å². The second-order valence-corrected chi connectivity index (χ2v) is 6.55. The molecule has 0 spiro atoms. The minimum Gasteiger partial charge on any atom is -0.352 e. The van der Waals surface area contributed by atoms with Gasteiger partial charge in [-0.2, -0.15) is 11.8 Å². The molecule has 1 amide bonds. The van der Waals surface area contributed by atoms with Crippen molar-refractivity contribution in [3.8, 4) is 11.8 Å². The maximum Gasteiger partial charge on any atom is 0.252 e. The lowest BCUT2D eigenvalue weighted by Gasteiger charge is -2.21. The molecule has 112 valence electrons. The topological polar surface area (TPSA) is 55.1 Å². The van der Waals surface area contributed by atoms with Crippen LogP contribution < -0.4 is 11.1 Å².